The predicted molar refractivity (Wildman–Crippen MR) is 92.1 cm³/mol. The molecule has 3 heteroatoms. The molecule has 1 saturated carbocycles. The number of fused-ring (bicyclic) bond motifs is 1. The van der Waals surface area contributed by atoms with E-state index in [1.165, 1.54) is 30.2 Å². The van der Waals surface area contributed by atoms with E-state index in [4.69, 9.17) is 0 Å². The number of likely N-dealkylation sites (tertiary alicyclic amines) is 1. The number of pyridine rings is 1. The lowest BCUT2D eigenvalue weighted by Gasteiger charge is -2.27. The Kier molecular flexibility index (Phi) is 4.02. The number of benzene rings is 1. The minimum atomic E-state index is 0.386. The van der Waals surface area contributed by atoms with E-state index >= 15 is 0 Å². The van der Waals surface area contributed by atoms with Gasteiger partial charge in [-0.15, -0.1) is 0 Å². The highest BCUT2D eigenvalue weighted by Crippen LogP contribution is 2.31. The number of hydrogen-bond donors (Lipinski definition) is 0. The van der Waals surface area contributed by atoms with Crippen LogP contribution in [0.25, 0.3) is 10.9 Å². The highest BCUT2D eigenvalue weighted by atomic mass is 16.2. The first kappa shape index (κ1) is 14.7. The van der Waals surface area contributed by atoms with Crippen LogP contribution in [-0.2, 0) is 11.2 Å². The van der Waals surface area contributed by atoms with Crippen molar-refractivity contribution in [3.05, 3.63) is 42.1 Å². The van der Waals surface area contributed by atoms with Crippen molar-refractivity contribution < 1.29 is 4.79 Å². The van der Waals surface area contributed by atoms with E-state index in [0.29, 0.717) is 17.7 Å². The van der Waals surface area contributed by atoms with Crippen molar-refractivity contribution >= 4 is 16.8 Å². The van der Waals surface area contributed by atoms with E-state index < -0.39 is 0 Å². The summed E-state index contributed by atoms with van der Waals surface area (Å²) in [6.07, 6.45) is 8.70. The van der Waals surface area contributed by atoms with Gasteiger partial charge in [-0.3, -0.25) is 9.78 Å². The van der Waals surface area contributed by atoms with Crippen LogP contribution in [0, 0.1) is 11.8 Å². The first-order chi connectivity index (χ1) is 11.3. The average Bonchev–Trinajstić information content (AvgIpc) is 3.00. The number of para-hydroxylation sites is 1. The summed E-state index contributed by atoms with van der Waals surface area (Å²) in [7, 11) is 0. The van der Waals surface area contributed by atoms with E-state index in [1.807, 2.05) is 12.3 Å². The smallest absolute Gasteiger partial charge is 0.222 e. The lowest BCUT2D eigenvalue weighted by molar-refractivity contribution is -0.131. The Balaban J connectivity index is 1.40. The van der Waals surface area contributed by atoms with Crippen LogP contribution in [0.15, 0.2) is 36.5 Å². The highest BCUT2D eigenvalue weighted by Gasteiger charge is 2.29. The maximum Gasteiger partial charge on any atom is 0.222 e. The van der Waals surface area contributed by atoms with Crippen molar-refractivity contribution in [2.45, 2.75) is 38.5 Å². The van der Waals surface area contributed by atoms with Crippen LogP contribution in [0.1, 0.15) is 37.7 Å². The minimum absolute atomic E-state index is 0.386. The van der Waals surface area contributed by atoms with Gasteiger partial charge in [0.2, 0.25) is 5.91 Å². The van der Waals surface area contributed by atoms with Crippen LogP contribution in [-0.4, -0.2) is 28.9 Å². The van der Waals surface area contributed by atoms with Crippen LogP contribution in [0.3, 0.4) is 0 Å². The van der Waals surface area contributed by atoms with Gasteiger partial charge in [-0.05, 0) is 55.2 Å². The largest absolute Gasteiger partial charge is 0.342 e. The van der Waals surface area contributed by atoms with Crippen molar-refractivity contribution in [2.75, 3.05) is 13.1 Å². The number of aromatic nitrogens is 1. The molecule has 0 N–H and O–H groups in total. The molecule has 2 fully saturated rings. The molecule has 3 nitrogen and oxygen atoms in total. The summed E-state index contributed by atoms with van der Waals surface area (Å²) in [5.41, 5.74) is 2.44. The predicted octanol–water partition coefficient (Wildman–Crippen LogP) is 3.82. The molecule has 0 radical (unpaired) electrons. The Bertz CT molecular complexity index is 702. The molecule has 0 bridgehead atoms. The molecule has 1 aliphatic carbocycles. The van der Waals surface area contributed by atoms with Gasteiger partial charge in [0.1, 0.15) is 0 Å². The summed E-state index contributed by atoms with van der Waals surface area (Å²) < 4.78 is 0. The molecule has 120 valence electrons. The standard InChI is InChI=1S/C20H24N2O/c23-20(13-15-4-3-5-15)22-11-9-16(14-22)12-17-8-10-21-19-7-2-1-6-18(17)19/h1-2,6-8,10,15-16H,3-5,9,11-14H2. The average molecular weight is 308 g/mol. The fourth-order valence-electron chi connectivity index (χ4n) is 3.94. The van der Waals surface area contributed by atoms with Gasteiger partial charge < -0.3 is 4.90 Å². The third-order valence-corrected chi connectivity index (χ3v) is 5.57. The molecule has 2 aliphatic rings. The van der Waals surface area contributed by atoms with Gasteiger partial charge in [0.15, 0.2) is 0 Å². The normalized spacial score (nSPS) is 21.6. The zero-order chi connectivity index (χ0) is 15.6. The molecule has 1 unspecified atom stereocenters. The summed E-state index contributed by atoms with van der Waals surface area (Å²) in [5.74, 6) is 1.65. The topological polar surface area (TPSA) is 33.2 Å². The molecule has 4 rings (SSSR count). The molecule has 1 amide bonds. The van der Waals surface area contributed by atoms with Crippen molar-refractivity contribution in [3.8, 4) is 0 Å². The van der Waals surface area contributed by atoms with E-state index in [9.17, 15) is 4.79 Å². The fourth-order valence-corrected chi connectivity index (χ4v) is 3.94. The Morgan fingerprint density at radius 3 is 2.83 bits per heavy atom. The lowest BCUT2D eigenvalue weighted by Crippen LogP contribution is -2.31. The maximum atomic E-state index is 12.4. The molecule has 2 heterocycles. The molecule has 2 aromatic rings. The molecule has 23 heavy (non-hydrogen) atoms. The number of carbonyl (C=O) groups excluding carboxylic acids is 1. The molecule has 1 atom stereocenters. The van der Waals surface area contributed by atoms with E-state index in [-0.39, 0.29) is 0 Å². The Labute approximate surface area is 137 Å². The molecular weight excluding hydrogens is 284 g/mol. The first-order valence-electron chi connectivity index (χ1n) is 8.90. The third-order valence-electron chi connectivity index (χ3n) is 5.57. The van der Waals surface area contributed by atoms with Crippen LogP contribution >= 0.6 is 0 Å². The van der Waals surface area contributed by atoms with E-state index in [2.05, 4.69) is 34.1 Å². The van der Waals surface area contributed by atoms with Gasteiger partial charge >= 0.3 is 0 Å². The van der Waals surface area contributed by atoms with Crippen molar-refractivity contribution in [1.82, 2.24) is 9.88 Å². The zero-order valence-electron chi connectivity index (χ0n) is 13.6. The summed E-state index contributed by atoms with van der Waals surface area (Å²) >= 11 is 0. The van der Waals surface area contributed by atoms with Gasteiger partial charge in [-0.25, -0.2) is 0 Å². The Morgan fingerprint density at radius 1 is 1.13 bits per heavy atom. The first-order valence-corrected chi connectivity index (χ1v) is 8.90. The summed E-state index contributed by atoms with van der Waals surface area (Å²) in [5, 5.41) is 1.26. The fraction of sp³-hybridized carbons (Fsp3) is 0.500. The second-order valence-electron chi connectivity index (χ2n) is 7.19. The number of amides is 1. The second-order valence-corrected chi connectivity index (χ2v) is 7.19. The maximum absolute atomic E-state index is 12.4. The van der Waals surface area contributed by atoms with Gasteiger partial charge in [0.25, 0.3) is 0 Å². The number of carbonyl (C=O) groups is 1. The van der Waals surface area contributed by atoms with Crippen LogP contribution < -0.4 is 0 Å². The number of hydrogen-bond acceptors (Lipinski definition) is 2. The summed E-state index contributed by atoms with van der Waals surface area (Å²) in [6, 6.07) is 10.5. The van der Waals surface area contributed by atoms with Gasteiger partial charge in [0.05, 0.1) is 5.52 Å². The third kappa shape index (κ3) is 3.10. The Morgan fingerprint density at radius 2 is 2.00 bits per heavy atom. The highest BCUT2D eigenvalue weighted by molar-refractivity contribution is 5.82. The minimum Gasteiger partial charge on any atom is -0.342 e. The van der Waals surface area contributed by atoms with E-state index in [0.717, 1.165) is 37.9 Å². The van der Waals surface area contributed by atoms with Crippen molar-refractivity contribution in [3.63, 3.8) is 0 Å². The van der Waals surface area contributed by atoms with Crippen molar-refractivity contribution in [1.29, 1.82) is 0 Å². The molecule has 1 aromatic heterocycles. The summed E-state index contributed by atoms with van der Waals surface area (Å²) in [6.45, 7) is 1.88. The monoisotopic (exact) mass is 308 g/mol. The Hall–Kier alpha value is -1.90. The number of nitrogens with zero attached hydrogens (tertiary/aromatic N) is 2. The van der Waals surface area contributed by atoms with Gasteiger partial charge in [0, 0.05) is 31.1 Å². The second kappa shape index (κ2) is 6.31. The quantitative estimate of drug-likeness (QED) is 0.860. The molecule has 0 spiro atoms. The summed E-state index contributed by atoms with van der Waals surface area (Å²) in [4.78, 5) is 18.9. The molecule has 1 saturated heterocycles. The van der Waals surface area contributed by atoms with Crippen LogP contribution in [0.4, 0.5) is 0 Å². The SMILES string of the molecule is O=C(CC1CCC1)N1CCC(Cc2ccnc3ccccc23)C1. The van der Waals surface area contributed by atoms with E-state index in [1.54, 1.807) is 0 Å². The van der Waals surface area contributed by atoms with Crippen molar-refractivity contribution in [2.24, 2.45) is 11.8 Å². The van der Waals surface area contributed by atoms with Gasteiger partial charge in [-0.2, -0.15) is 0 Å². The van der Waals surface area contributed by atoms with Crippen LogP contribution in [0.2, 0.25) is 0 Å². The molecule has 1 aromatic carbocycles. The lowest BCUT2D eigenvalue weighted by atomic mass is 9.83. The van der Waals surface area contributed by atoms with Crippen LogP contribution in [0.5, 0.6) is 0 Å². The number of rotatable bonds is 4. The van der Waals surface area contributed by atoms with Gasteiger partial charge in [-0.1, -0.05) is 24.6 Å². The zero-order valence-corrected chi connectivity index (χ0v) is 13.6. The molecular formula is C20H24N2O. The molecule has 1 aliphatic heterocycles.